The van der Waals surface area contributed by atoms with Crippen molar-refractivity contribution in [1.29, 1.82) is 0 Å². The number of rotatable bonds is 6. The van der Waals surface area contributed by atoms with E-state index in [0.29, 0.717) is 5.56 Å². The number of imide groups is 1. The molecule has 3 rings (SSSR count). The van der Waals surface area contributed by atoms with Crippen LogP contribution in [0.3, 0.4) is 0 Å². The SMILES string of the molecule is CC1(c2cccc([N+](=O)[O-])c2)NC(=O)N(CCOc2cccc(F)c2)C1=O. The molecule has 0 saturated carbocycles. The van der Waals surface area contributed by atoms with Crippen LogP contribution in [0.4, 0.5) is 14.9 Å². The van der Waals surface area contributed by atoms with Crippen LogP contribution in [-0.2, 0) is 10.3 Å². The first-order valence-electron chi connectivity index (χ1n) is 8.08. The average Bonchev–Trinajstić information content (AvgIpc) is 2.86. The fourth-order valence-corrected chi connectivity index (χ4v) is 2.84. The molecule has 0 radical (unpaired) electrons. The third-order valence-electron chi connectivity index (χ3n) is 4.29. The summed E-state index contributed by atoms with van der Waals surface area (Å²) in [6.45, 7) is 1.42. The van der Waals surface area contributed by atoms with Crippen molar-refractivity contribution in [3.05, 3.63) is 70.0 Å². The summed E-state index contributed by atoms with van der Waals surface area (Å²) in [6, 6.07) is 10.4. The lowest BCUT2D eigenvalue weighted by Gasteiger charge is -2.22. The van der Waals surface area contributed by atoms with Crippen LogP contribution in [0.1, 0.15) is 12.5 Å². The Labute approximate surface area is 153 Å². The monoisotopic (exact) mass is 373 g/mol. The lowest BCUT2D eigenvalue weighted by atomic mass is 9.91. The molecule has 1 N–H and O–H groups in total. The number of halogens is 1. The zero-order valence-corrected chi connectivity index (χ0v) is 14.3. The van der Waals surface area contributed by atoms with Gasteiger partial charge in [0.05, 0.1) is 11.5 Å². The number of benzene rings is 2. The van der Waals surface area contributed by atoms with E-state index in [9.17, 15) is 24.1 Å². The van der Waals surface area contributed by atoms with Crippen molar-refractivity contribution in [3.63, 3.8) is 0 Å². The molecule has 1 aliphatic rings. The lowest BCUT2D eigenvalue weighted by Crippen LogP contribution is -2.41. The summed E-state index contributed by atoms with van der Waals surface area (Å²) < 4.78 is 18.5. The van der Waals surface area contributed by atoms with Gasteiger partial charge in [0.15, 0.2) is 0 Å². The third kappa shape index (κ3) is 3.57. The van der Waals surface area contributed by atoms with Gasteiger partial charge in [-0.2, -0.15) is 0 Å². The molecule has 2 aromatic rings. The lowest BCUT2D eigenvalue weighted by molar-refractivity contribution is -0.385. The standard InChI is InChI=1S/C18H16FN3O5/c1-18(12-4-2-6-14(10-12)22(25)26)16(23)21(17(24)20-18)8-9-27-15-7-3-5-13(19)11-15/h2-7,10-11H,8-9H2,1H3,(H,20,24). The summed E-state index contributed by atoms with van der Waals surface area (Å²) in [7, 11) is 0. The van der Waals surface area contributed by atoms with Crippen LogP contribution >= 0.6 is 0 Å². The minimum absolute atomic E-state index is 0.0202. The first-order chi connectivity index (χ1) is 12.8. The highest BCUT2D eigenvalue weighted by atomic mass is 19.1. The molecule has 1 saturated heterocycles. The highest BCUT2D eigenvalue weighted by Gasteiger charge is 2.49. The number of hydrogen-bond donors (Lipinski definition) is 1. The van der Waals surface area contributed by atoms with Crippen LogP contribution in [0.25, 0.3) is 0 Å². The number of amides is 3. The average molecular weight is 373 g/mol. The molecule has 2 aromatic carbocycles. The van der Waals surface area contributed by atoms with E-state index in [1.165, 1.54) is 49.4 Å². The predicted octanol–water partition coefficient (Wildman–Crippen LogP) is 2.58. The minimum Gasteiger partial charge on any atom is -0.492 e. The number of nitro groups is 1. The molecule has 1 atom stereocenters. The van der Waals surface area contributed by atoms with Crippen molar-refractivity contribution in [2.75, 3.05) is 13.2 Å². The van der Waals surface area contributed by atoms with Gasteiger partial charge in [-0.25, -0.2) is 9.18 Å². The van der Waals surface area contributed by atoms with Gasteiger partial charge in [0.1, 0.15) is 23.7 Å². The van der Waals surface area contributed by atoms with E-state index < -0.39 is 28.2 Å². The fraction of sp³-hybridized carbons (Fsp3) is 0.222. The Balaban J connectivity index is 1.72. The second-order valence-corrected chi connectivity index (χ2v) is 6.13. The van der Waals surface area contributed by atoms with Crippen molar-refractivity contribution in [2.24, 2.45) is 0 Å². The highest BCUT2D eigenvalue weighted by Crippen LogP contribution is 2.30. The van der Waals surface area contributed by atoms with Crippen molar-refractivity contribution in [3.8, 4) is 5.75 Å². The maximum Gasteiger partial charge on any atom is 0.325 e. The van der Waals surface area contributed by atoms with Gasteiger partial charge >= 0.3 is 6.03 Å². The van der Waals surface area contributed by atoms with Crippen LogP contribution in [-0.4, -0.2) is 34.9 Å². The molecule has 1 aliphatic heterocycles. The summed E-state index contributed by atoms with van der Waals surface area (Å²) in [5.41, 5.74) is -1.28. The molecule has 9 heteroatoms. The van der Waals surface area contributed by atoms with Gasteiger partial charge in [0.2, 0.25) is 0 Å². The summed E-state index contributed by atoms with van der Waals surface area (Å²) >= 11 is 0. The zero-order valence-electron chi connectivity index (χ0n) is 14.3. The van der Waals surface area contributed by atoms with Gasteiger partial charge in [-0.3, -0.25) is 19.8 Å². The van der Waals surface area contributed by atoms with E-state index in [2.05, 4.69) is 5.32 Å². The van der Waals surface area contributed by atoms with Gasteiger partial charge < -0.3 is 10.1 Å². The molecule has 1 unspecified atom stereocenters. The van der Waals surface area contributed by atoms with E-state index in [4.69, 9.17) is 4.74 Å². The Morgan fingerprint density at radius 2 is 1.96 bits per heavy atom. The molecular formula is C18H16FN3O5. The van der Waals surface area contributed by atoms with E-state index in [1.54, 1.807) is 6.07 Å². The molecule has 1 heterocycles. The van der Waals surface area contributed by atoms with Crippen LogP contribution in [0.2, 0.25) is 0 Å². The number of urea groups is 1. The molecule has 3 amide bonds. The van der Waals surface area contributed by atoms with Gasteiger partial charge in [0, 0.05) is 18.2 Å². The van der Waals surface area contributed by atoms with Crippen molar-refractivity contribution >= 4 is 17.6 Å². The second-order valence-electron chi connectivity index (χ2n) is 6.13. The van der Waals surface area contributed by atoms with Gasteiger partial charge in [-0.15, -0.1) is 0 Å². The van der Waals surface area contributed by atoms with E-state index in [0.717, 1.165) is 4.90 Å². The number of nitrogens with one attached hydrogen (secondary N) is 1. The third-order valence-corrected chi connectivity index (χ3v) is 4.29. The molecule has 0 aliphatic carbocycles. The van der Waals surface area contributed by atoms with Gasteiger partial charge in [-0.1, -0.05) is 18.2 Å². The topological polar surface area (TPSA) is 102 Å². The van der Waals surface area contributed by atoms with Crippen LogP contribution in [0, 0.1) is 15.9 Å². The number of nitrogens with zero attached hydrogens (tertiary/aromatic N) is 2. The van der Waals surface area contributed by atoms with Crippen LogP contribution in [0.5, 0.6) is 5.75 Å². The predicted molar refractivity (Wildman–Crippen MR) is 92.6 cm³/mol. The number of nitro benzene ring substituents is 1. The highest BCUT2D eigenvalue weighted by molar-refractivity contribution is 6.07. The quantitative estimate of drug-likeness (QED) is 0.476. The molecule has 0 spiro atoms. The maximum atomic E-state index is 13.1. The number of ether oxygens (including phenoxy) is 1. The Morgan fingerprint density at radius 1 is 1.22 bits per heavy atom. The fourth-order valence-electron chi connectivity index (χ4n) is 2.84. The summed E-state index contributed by atoms with van der Waals surface area (Å²) in [5.74, 6) is -0.722. The molecule has 0 aromatic heterocycles. The molecule has 8 nitrogen and oxygen atoms in total. The van der Waals surface area contributed by atoms with Crippen molar-refractivity contribution in [1.82, 2.24) is 10.2 Å². The Hall–Kier alpha value is -3.49. The summed E-state index contributed by atoms with van der Waals surface area (Å²) in [5, 5.41) is 13.5. The number of carbonyl (C=O) groups excluding carboxylic acids is 2. The number of carbonyl (C=O) groups is 2. The van der Waals surface area contributed by atoms with Crippen LogP contribution < -0.4 is 10.1 Å². The zero-order chi connectivity index (χ0) is 19.6. The Kier molecular flexibility index (Phi) is 4.76. The largest absolute Gasteiger partial charge is 0.492 e. The molecule has 0 bridgehead atoms. The van der Waals surface area contributed by atoms with Gasteiger partial charge in [-0.05, 0) is 24.6 Å². The summed E-state index contributed by atoms with van der Waals surface area (Å²) in [4.78, 5) is 36.4. The summed E-state index contributed by atoms with van der Waals surface area (Å²) in [6.07, 6.45) is 0. The second kappa shape index (κ2) is 7.02. The van der Waals surface area contributed by atoms with Crippen LogP contribution in [0.15, 0.2) is 48.5 Å². The minimum atomic E-state index is -1.41. The van der Waals surface area contributed by atoms with E-state index in [-0.39, 0.29) is 24.6 Å². The maximum absolute atomic E-state index is 13.1. The number of non-ortho nitro benzene ring substituents is 1. The Morgan fingerprint density at radius 3 is 2.67 bits per heavy atom. The molecular weight excluding hydrogens is 357 g/mol. The smallest absolute Gasteiger partial charge is 0.325 e. The van der Waals surface area contributed by atoms with Gasteiger partial charge in [0.25, 0.3) is 11.6 Å². The number of hydrogen-bond acceptors (Lipinski definition) is 5. The van der Waals surface area contributed by atoms with E-state index >= 15 is 0 Å². The van der Waals surface area contributed by atoms with Crippen molar-refractivity contribution < 1.29 is 23.6 Å². The first-order valence-corrected chi connectivity index (χ1v) is 8.08. The molecule has 140 valence electrons. The molecule has 27 heavy (non-hydrogen) atoms. The molecule has 1 fully saturated rings. The van der Waals surface area contributed by atoms with E-state index in [1.807, 2.05) is 0 Å². The van der Waals surface area contributed by atoms with Crippen molar-refractivity contribution in [2.45, 2.75) is 12.5 Å². The first kappa shape index (κ1) is 18.3. The normalized spacial score (nSPS) is 19.1. The Bertz CT molecular complexity index is 919.